The predicted molar refractivity (Wildman–Crippen MR) is 114 cm³/mol. The molecule has 0 spiro atoms. The van der Waals surface area contributed by atoms with Gasteiger partial charge in [0, 0.05) is 5.56 Å². The maximum absolute atomic E-state index is 6.29. The molecule has 0 atom stereocenters. The molecular weight excluding hydrogens is 392 g/mol. The van der Waals surface area contributed by atoms with Crippen molar-refractivity contribution in [1.82, 2.24) is 14.9 Å². The molecule has 7 heteroatoms. The second-order valence-corrected chi connectivity index (χ2v) is 6.67. The largest absolute Gasteiger partial charge is 0.457 e. The number of H-pyrrole nitrogens is 1. The zero-order chi connectivity index (χ0) is 19.3. The Morgan fingerprint density at radius 2 is 1.71 bits per heavy atom. The maximum Gasteiger partial charge on any atom is 0.216 e. The van der Waals surface area contributed by atoms with Gasteiger partial charge in [-0.05, 0) is 54.2 Å². The van der Waals surface area contributed by atoms with Crippen LogP contribution < -0.4 is 4.74 Å². The van der Waals surface area contributed by atoms with Crippen LogP contribution in [0.3, 0.4) is 0 Å². The van der Waals surface area contributed by atoms with E-state index in [1.807, 2.05) is 72.8 Å². The van der Waals surface area contributed by atoms with Crippen molar-refractivity contribution in [3.05, 3.63) is 94.2 Å². The monoisotopic (exact) mass is 406 g/mol. The fraction of sp³-hybridized carbons (Fsp3) is 0. The smallest absolute Gasteiger partial charge is 0.216 e. The van der Waals surface area contributed by atoms with E-state index in [-0.39, 0.29) is 0 Å². The summed E-state index contributed by atoms with van der Waals surface area (Å²) in [5.41, 5.74) is 1.61. The molecule has 0 radical (unpaired) electrons. The van der Waals surface area contributed by atoms with Crippen LogP contribution in [0.2, 0.25) is 5.02 Å². The number of ether oxygens (including phenoxy) is 1. The molecular formula is C21H15ClN4OS. The van der Waals surface area contributed by atoms with Gasteiger partial charge in [-0.25, -0.2) is 5.10 Å². The second kappa shape index (κ2) is 8.21. The molecule has 5 nitrogen and oxygen atoms in total. The highest BCUT2D eigenvalue weighted by Gasteiger charge is 2.11. The summed E-state index contributed by atoms with van der Waals surface area (Å²) in [6.07, 6.45) is 1.70. The Bertz CT molecular complexity index is 1180. The molecule has 1 heterocycles. The molecule has 4 rings (SSSR count). The molecule has 0 saturated heterocycles. The minimum absolute atomic E-state index is 0.378. The van der Waals surface area contributed by atoms with Gasteiger partial charge in [0.25, 0.3) is 0 Å². The highest BCUT2D eigenvalue weighted by atomic mass is 35.5. The van der Waals surface area contributed by atoms with E-state index in [0.717, 1.165) is 22.6 Å². The fourth-order valence-corrected chi connectivity index (χ4v) is 3.02. The summed E-state index contributed by atoms with van der Waals surface area (Å²) in [6.45, 7) is 0. The fourth-order valence-electron chi connectivity index (χ4n) is 2.62. The number of para-hydroxylation sites is 1. The molecule has 1 aromatic heterocycles. The summed E-state index contributed by atoms with van der Waals surface area (Å²) in [5.74, 6) is 2.04. The van der Waals surface area contributed by atoms with Gasteiger partial charge in [-0.1, -0.05) is 54.1 Å². The Balaban J connectivity index is 1.62. The Hall–Kier alpha value is -3.22. The summed E-state index contributed by atoms with van der Waals surface area (Å²) < 4.78 is 7.78. The first-order chi connectivity index (χ1) is 13.7. The third kappa shape index (κ3) is 4.03. The number of aromatic amines is 1. The van der Waals surface area contributed by atoms with Crippen LogP contribution in [0.1, 0.15) is 5.56 Å². The lowest BCUT2D eigenvalue weighted by molar-refractivity contribution is 0.482. The summed E-state index contributed by atoms with van der Waals surface area (Å²) in [6, 6.07) is 24.7. The minimum atomic E-state index is 0.378. The number of hydrogen-bond donors (Lipinski definition) is 1. The summed E-state index contributed by atoms with van der Waals surface area (Å²) in [7, 11) is 0. The molecule has 1 N–H and O–H groups in total. The Morgan fingerprint density at radius 1 is 0.964 bits per heavy atom. The molecule has 0 saturated carbocycles. The summed E-state index contributed by atoms with van der Waals surface area (Å²) >= 11 is 11.6. The van der Waals surface area contributed by atoms with Gasteiger partial charge in [0.2, 0.25) is 4.77 Å². The zero-order valence-electron chi connectivity index (χ0n) is 14.6. The van der Waals surface area contributed by atoms with E-state index >= 15 is 0 Å². The molecule has 0 unspecified atom stereocenters. The highest BCUT2D eigenvalue weighted by Crippen LogP contribution is 2.26. The number of benzene rings is 3. The number of hydrogen-bond acceptors (Lipinski definition) is 4. The van der Waals surface area contributed by atoms with E-state index in [2.05, 4.69) is 15.3 Å². The SMILES string of the molecule is S=c1[nH]nc(-c2ccccc2Cl)n1N=Cc1cccc(Oc2ccccc2)c1. The first-order valence-corrected chi connectivity index (χ1v) is 9.29. The first kappa shape index (κ1) is 18.2. The van der Waals surface area contributed by atoms with Crippen molar-refractivity contribution in [3.8, 4) is 22.9 Å². The molecule has 28 heavy (non-hydrogen) atoms. The number of rotatable bonds is 5. The maximum atomic E-state index is 6.29. The lowest BCUT2D eigenvalue weighted by atomic mass is 10.2. The van der Waals surface area contributed by atoms with Crippen LogP contribution >= 0.6 is 23.8 Å². The molecule has 138 valence electrons. The van der Waals surface area contributed by atoms with E-state index < -0.39 is 0 Å². The number of nitrogens with zero attached hydrogens (tertiary/aromatic N) is 3. The number of aromatic nitrogens is 3. The van der Waals surface area contributed by atoms with Crippen molar-refractivity contribution in [2.75, 3.05) is 0 Å². The Morgan fingerprint density at radius 3 is 2.54 bits per heavy atom. The van der Waals surface area contributed by atoms with Gasteiger partial charge in [-0.2, -0.15) is 14.9 Å². The van der Waals surface area contributed by atoms with Gasteiger partial charge < -0.3 is 4.74 Å². The number of nitrogens with one attached hydrogen (secondary N) is 1. The van der Waals surface area contributed by atoms with Crippen LogP contribution in [0.25, 0.3) is 11.4 Å². The molecule has 0 aliphatic heterocycles. The highest BCUT2D eigenvalue weighted by molar-refractivity contribution is 7.71. The van der Waals surface area contributed by atoms with Gasteiger partial charge >= 0.3 is 0 Å². The lowest BCUT2D eigenvalue weighted by Gasteiger charge is -2.06. The van der Waals surface area contributed by atoms with Crippen LogP contribution in [0.15, 0.2) is 84.0 Å². The molecule has 0 aliphatic carbocycles. The van der Waals surface area contributed by atoms with Crippen molar-refractivity contribution >= 4 is 30.0 Å². The quantitative estimate of drug-likeness (QED) is 0.330. The third-order valence-electron chi connectivity index (χ3n) is 3.92. The second-order valence-electron chi connectivity index (χ2n) is 5.88. The van der Waals surface area contributed by atoms with E-state index in [0.29, 0.717) is 15.6 Å². The van der Waals surface area contributed by atoms with Crippen LogP contribution in [0.5, 0.6) is 11.5 Å². The third-order valence-corrected chi connectivity index (χ3v) is 4.52. The molecule has 4 aromatic rings. The standard InChI is InChI=1S/C21H15ClN4OS/c22-19-12-5-4-11-18(19)20-24-25-21(28)26(20)23-14-15-7-6-10-17(13-15)27-16-8-2-1-3-9-16/h1-14H,(H,25,28). The van der Waals surface area contributed by atoms with Crippen molar-refractivity contribution in [1.29, 1.82) is 0 Å². The van der Waals surface area contributed by atoms with E-state index in [1.54, 1.807) is 17.0 Å². The normalized spacial score (nSPS) is 11.0. The number of halogens is 1. The van der Waals surface area contributed by atoms with Crippen molar-refractivity contribution in [2.45, 2.75) is 0 Å². The molecule has 0 amide bonds. The average Bonchev–Trinajstić information content (AvgIpc) is 3.08. The van der Waals surface area contributed by atoms with E-state index in [1.165, 1.54) is 0 Å². The first-order valence-electron chi connectivity index (χ1n) is 8.50. The van der Waals surface area contributed by atoms with Crippen LogP contribution in [0, 0.1) is 4.77 Å². The lowest BCUT2D eigenvalue weighted by Crippen LogP contribution is -1.95. The van der Waals surface area contributed by atoms with Crippen LogP contribution in [0.4, 0.5) is 0 Å². The van der Waals surface area contributed by atoms with Crippen molar-refractivity contribution in [2.24, 2.45) is 5.10 Å². The van der Waals surface area contributed by atoms with Gasteiger partial charge in [-0.3, -0.25) is 0 Å². The van der Waals surface area contributed by atoms with Gasteiger partial charge in [0.1, 0.15) is 11.5 Å². The minimum Gasteiger partial charge on any atom is -0.457 e. The molecule has 0 aliphatic rings. The van der Waals surface area contributed by atoms with Crippen LogP contribution in [-0.2, 0) is 0 Å². The van der Waals surface area contributed by atoms with Gasteiger partial charge in [-0.15, -0.1) is 0 Å². The average molecular weight is 407 g/mol. The summed E-state index contributed by atoms with van der Waals surface area (Å²) in [5, 5.41) is 12.1. The van der Waals surface area contributed by atoms with Crippen molar-refractivity contribution < 1.29 is 4.74 Å². The molecule has 0 fully saturated rings. The topological polar surface area (TPSA) is 55.2 Å². The van der Waals surface area contributed by atoms with Gasteiger partial charge in [0.05, 0.1) is 11.2 Å². The Kier molecular flexibility index (Phi) is 5.32. The molecule has 0 bridgehead atoms. The summed E-state index contributed by atoms with van der Waals surface area (Å²) in [4.78, 5) is 0. The van der Waals surface area contributed by atoms with E-state index in [9.17, 15) is 0 Å². The zero-order valence-corrected chi connectivity index (χ0v) is 16.2. The van der Waals surface area contributed by atoms with E-state index in [4.69, 9.17) is 28.6 Å². The van der Waals surface area contributed by atoms with Crippen molar-refractivity contribution in [3.63, 3.8) is 0 Å². The molecule has 3 aromatic carbocycles. The van der Waals surface area contributed by atoms with Gasteiger partial charge in [0.15, 0.2) is 5.82 Å². The van der Waals surface area contributed by atoms with Crippen LogP contribution in [-0.4, -0.2) is 21.1 Å². The predicted octanol–water partition coefficient (Wildman–Crippen LogP) is 5.94. The Labute approximate surface area is 171 Å².